The largest absolute Gasteiger partial charge is 0.466 e. The summed E-state index contributed by atoms with van der Waals surface area (Å²) in [5.74, 6) is -2.55. The number of nitrogens with one attached hydrogen (secondary N) is 1. The summed E-state index contributed by atoms with van der Waals surface area (Å²) in [5.41, 5.74) is -1.84. The van der Waals surface area contributed by atoms with Crippen molar-refractivity contribution in [2.75, 3.05) is 13.2 Å². The van der Waals surface area contributed by atoms with Crippen LogP contribution in [0.3, 0.4) is 0 Å². The van der Waals surface area contributed by atoms with Gasteiger partial charge >= 0.3 is 5.97 Å². The van der Waals surface area contributed by atoms with E-state index in [9.17, 15) is 19.5 Å². The molecule has 0 saturated carbocycles. The van der Waals surface area contributed by atoms with E-state index in [0.717, 1.165) is 0 Å². The number of likely N-dealkylation sites (tertiary alicyclic amines) is 1. The van der Waals surface area contributed by atoms with Crippen molar-refractivity contribution in [1.82, 2.24) is 10.2 Å². The lowest BCUT2D eigenvalue weighted by molar-refractivity contribution is -0.161. The molecular weight excluding hydrogens is 364 g/mol. The molecule has 3 fully saturated rings. The number of ether oxygens (including phenoxy) is 2. The van der Waals surface area contributed by atoms with Gasteiger partial charge in [-0.3, -0.25) is 14.4 Å². The smallest absolute Gasteiger partial charge is 0.312 e. The number of aliphatic hydroxyl groups is 1. The van der Waals surface area contributed by atoms with E-state index in [1.54, 1.807) is 13.8 Å². The molecule has 3 rings (SSSR count). The number of esters is 1. The van der Waals surface area contributed by atoms with Crippen LogP contribution >= 0.6 is 0 Å². The Morgan fingerprint density at radius 2 is 2.00 bits per heavy atom. The lowest BCUT2D eigenvalue weighted by Crippen LogP contribution is -2.58. The second kappa shape index (κ2) is 7.30. The van der Waals surface area contributed by atoms with E-state index in [4.69, 9.17) is 9.47 Å². The van der Waals surface area contributed by atoms with Gasteiger partial charge in [0.25, 0.3) is 0 Å². The van der Waals surface area contributed by atoms with Crippen LogP contribution in [0, 0.1) is 11.8 Å². The Labute approximate surface area is 165 Å². The third kappa shape index (κ3) is 2.76. The van der Waals surface area contributed by atoms with Crippen LogP contribution in [0.25, 0.3) is 0 Å². The van der Waals surface area contributed by atoms with Gasteiger partial charge in [0.05, 0.1) is 30.8 Å². The zero-order valence-electron chi connectivity index (χ0n) is 17.4. The summed E-state index contributed by atoms with van der Waals surface area (Å²) in [6.07, 6.45) is 1.69. The average Bonchev–Trinajstić information content (AvgIpc) is 3.24. The van der Waals surface area contributed by atoms with Crippen LogP contribution in [0.4, 0.5) is 0 Å². The molecule has 2 unspecified atom stereocenters. The number of amides is 2. The molecule has 2 amide bonds. The molecule has 3 aliphatic rings. The van der Waals surface area contributed by atoms with Gasteiger partial charge < -0.3 is 24.8 Å². The molecule has 6 atom stereocenters. The Hall–Kier alpha value is -1.67. The van der Waals surface area contributed by atoms with Crippen LogP contribution in [-0.4, -0.2) is 70.3 Å². The third-order valence-corrected chi connectivity index (χ3v) is 6.58. The highest BCUT2D eigenvalue weighted by Crippen LogP contribution is 2.64. The fraction of sp³-hybridized carbons (Fsp3) is 0.850. The van der Waals surface area contributed by atoms with Crippen LogP contribution in [0.2, 0.25) is 0 Å². The maximum atomic E-state index is 13.5. The fourth-order valence-electron chi connectivity index (χ4n) is 5.47. The van der Waals surface area contributed by atoms with Crippen molar-refractivity contribution < 1.29 is 29.0 Å². The van der Waals surface area contributed by atoms with E-state index in [-0.39, 0.29) is 31.1 Å². The predicted molar refractivity (Wildman–Crippen MR) is 100 cm³/mol. The highest BCUT2D eigenvalue weighted by atomic mass is 16.6. The van der Waals surface area contributed by atoms with Gasteiger partial charge in [-0.05, 0) is 47.0 Å². The first-order valence-corrected chi connectivity index (χ1v) is 10.3. The Bertz CT molecular complexity index is 667. The van der Waals surface area contributed by atoms with Crippen molar-refractivity contribution in [1.29, 1.82) is 0 Å². The minimum atomic E-state index is -1.06. The maximum Gasteiger partial charge on any atom is 0.312 e. The van der Waals surface area contributed by atoms with E-state index in [0.29, 0.717) is 19.3 Å². The van der Waals surface area contributed by atoms with Crippen LogP contribution in [-0.2, 0) is 23.9 Å². The standard InChI is InChI=1S/C20H32N2O6/c1-6-19-8-9-20(28-19)13(14(19)18(26)27-7-2)17(25)22(12(5)10-23)15(20)16(24)21-11(3)4/h11-15,23H,6-10H2,1-5H3,(H,21,24)/t12-,13+,14-,15?,19+,20?/m1/s1. The number of hydrogen-bond acceptors (Lipinski definition) is 6. The quantitative estimate of drug-likeness (QED) is 0.611. The molecule has 2 bridgehead atoms. The minimum Gasteiger partial charge on any atom is -0.466 e. The highest BCUT2D eigenvalue weighted by Gasteiger charge is 2.79. The molecule has 0 aromatic rings. The molecular formula is C20H32N2O6. The van der Waals surface area contributed by atoms with E-state index < -0.39 is 41.1 Å². The molecule has 3 heterocycles. The second-order valence-corrected chi connectivity index (χ2v) is 8.53. The van der Waals surface area contributed by atoms with Crippen molar-refractivity contribution in [3.05, 3.63) is 0 Å². The van der Waals surface area contributed by atoms with Crippen molar-refractivity contribution in [3.63, 3.8) is 0 Å². The SMILES string of the molecule is CCOC(=O)[C@H]1[C@H]2C(=O)N([C@H](C)CO)C(C(=O)NC(C)C)C23CC[C@]1(CC)O3. The van der Waals surface area contributed by atoms with Gasteiger partial charge in [-0.15, -0.1) is 0 Å². The molecule has 0 radical (unpaired) electrons. The first kappa shape index (κ1) is 21.0. The Kier molecular flexibility index (Phi) is 5.49. The fourth-order valence-corrected chi connectivity index (χ4v) is 5.47. The topological polar surface area (TPSA) is 105 Å². The van der Waals surface area contributed by atoms with Crippen LogP contribution < -0.4 is 5.32 Å². The summed E-state index contributed by atoms with van der Waals surface area (Å²) >= 11 is 0. The molecule has 8 heteroatoms. The molecule has 158 valence electrons. The maximum absolute atomic E-state index is 13.5. The lowest BCUT2D eigenvalue weighted by Gasteiger charge is -2.36. The van der Waals surface area contributed by atoms with Gasteiger partial charge in [0, 0.05) is 6.04 Å². The van der Waals surface area contributed by atoms with E-state index >= 15 is 0 Å². The summed E-state index contributed by atoms with van der Waals surface area (Å²) in [6, 6.07) is -1.54. The molecule has 0 aliphatic carbocycles. The molecule has 8 nitrogen and oxygen atoms in total. The number of aliphatic hydroxyl groups excluding tert-OH is 1. The number of rotatable bonds is 7. The number of nitrogens with zero attached hydrogens (tertiary/aromatic N) is 1. The molecule has 1 spiro atoms. The third-order valence-electron chi connectivity index (χ3n) is 6.58. The van der Waals surface area contributed by atoms with Gasteiger partial charge in [0.15, 0.2) is 0 Å². The summed E-state index contributed by atoms with van der Waals surface area (Å²) in [5, 5.41) is 12.6. The summed E-state index contributed by atoms with van der Waals surface area (Å²) in [4.78, 5) is 41.0. The minimum absolute atomic E-state index is 0.107. The Morgan fingerprint density at radius 3 is 2.54 bits per heavy atom. The van der Waals surface area contributed by atoms with Gasteiger partial charge in [0.1, 0.15) is 17.6 Å². The molecule has 2 N–H and O–H groups in total. The highest BCUT2D eigenvalue weighted by molar-refractivity contribution is 5.98. The molecule has 0 aromatic carbocycles. The Balaban J connectivity index is 2.10. The van der Waals surface area contributed by atoms with Crippen LogP contribution in [0.15, 0.2) is 0 Å². The average molecular weight is 396 g/mol. The molecule has 3 saturated heterocycles. The Morgan fingerprint density at radius 1 is 1.32 bits per heavy atom. The summed E-state index contributed by atoms with van der Waals surface area (Å²) in [7, 11) is 0. The van der Waals surface area contributed by atoms with Crippen molar-refractivity contribution in [2.24, 2.45) is 11.8 Å². The summed E-state index contributed by atoms with van der Waals surface area (Å²) in [6.45, 7) is 9.02. The molecule has 28 heavy (non-hydrogen) atoms. The zero-order chi connectivity index (χ0) is 20.9. The number of carbonyl (C=O) groups is 3. The molecule has 3 aliphatic heterocycles. The lowest BCUT2D eigenvalue weighted by atomic mass is 9.65. The van der Waals surface area contributed by atoms with Crippen molar-refractivity contribution in [3.8, 4) is 0 Å². The van der Waals surface area contributed by atoms with Crippen LogP contribution in [0.5, 0.6) is 0 Å². The summed E-state index contributed by atoms with van der Waals surface area (Å²) < 4.78 is 11.8. The van der Waals surface area contributed by atoms with E-state index in [1.165, 1.54) is 4.90 Å². The van der Waals surface area contributed by atoms with Gasteiger partial charge in [-0.1, -0.05) is 6.92 Å². The first-order chi connectivity index (χ1) is 13.2. The molecule has 0 aromatic heterocycles. The monoisotopic (exact) mass is 396 g/mol. The van der Waals surface area contributed by atoms with Gasteiger partial charge in [0.2, 0.25) is 11.8 Å². The van der Waals surface area contributed by atoms with Crippen molar-refractivity contribution >= 4 is 17.8 Å². The second-order valence-electron chi connectivity index (χ2n) is 8.53. The van der Waals surface area contributed by atoms with E-state index in [2.05, 4.69) is 5.32 Å². The van der Waals surface area contributed by atoms with Gasteiger partial charge in [-0.2, -0.15) is 0 Å². The van der Waals surface area contributed by atoms with Gasteiger partial charge in [-0.25, -0.2) is 0 Å². The van der Waals surface area contributed by atoms with Crippen molar-refractivity contribution in [2.45, 2.75) is 83.2 Å². The predicted octanol–water partition coefficient (Wildman–Crippen LogP) is 0.610. The zero-order valence-corrected chi connectivity index (χ0v) is 17.4. The van der Waals surface area contributed by atoms with E-state index in [1.807, 2.05) is 20.8 Å². The van der Waals surface area contributed by atoms with Crippen LogP contribution in [0.1, 0.15) is 53.9 Å². The number of carbonyl (C=O) groups excluding carboxylic acids is 3. The first-order valence-electron chi connectivity index (χ1n) is 10.3. The number of hydrogen-bond donors (Lipinski definition) is 2. The normalized spacial score (nSPS) is 37.3. The number of fused-ring (bicyclic) bond motifs is 1.